The molecule has 0 aliphatic carbocycles. The zero-order chi connectivity index (χ0) is 38.7. The largest absolute Gasteiger partial charge is 0.457 e. The lowest BCUT2D eigenvalue weighted by Gasteiger charge is -2.35. The van der Waals surface area contributed by atoms with Crippen molar-refractivity contribution in [2.75, 3.05) is 0 Å². The second-order valence-electron chi connectivity index (χ2n) is 15.2. The molecule has 2 heterocycles. The van der Waals surface area contributed by atoms with Gasteiger partial charge >= 0.3 is 0 Å². The minimum absolute atomic E-state index is 0.307. The first-order valence-electron chi connectivity index (χ1n) is 19.2. The van der Waals surface area contributed by atoms with E-state index in [1.54, 1.807) is 0 Å². The number of hydrogen-bond acceptors (Lipinski definition) is 3. The van der Waals surface area contributed by atoms with E-state index < -0.39 is 7.14 Å². The van der Waals surface area contributed by atoms with Gasteiger partial charge in [0.05, 0.1) is 22.7 Å². The SMILES string of the molecule is CC1(C)c2ccc(-c3cccc(P(=O)(c4ccccc4)c4ccccc4)c3)cc2Oc2cc(-c3ccc4c(c3)c3cc(C#N)ccc3n4-c3ccccc3)ccc21. The molecule has 0 N–H and O–H groups in total. The van der Waals surface area contributed by atoms with Crippen molar-refractivity contribution < 1.29 is 9.30 Å². The topological polar surface area (TPSA) is 55.0 Å². The molecule has 0 fully saturated rings. The van der Waals surface area contributed by atoms with Gasteiger partial charge in [-0.1, -0.05) is 141 Å². The number of nitrogens with zero attached hydrogens (tertiary/aromatic N) is 2. The lowest BCUT2D eigenvalue weighted by molar-refractivity contribution is 0.418. The van der Waals surface area contributed by atoms with Crippen LogP contribution in [0.25, 0.3) is 49.7 Å². The predicted octanol–water partition coefficient (Wildman–Crippen LogP) is 12.1. The average molecular weight is 753 g/mol. The highest BCUT2D eigenvalue weighted by Gasteiger charge is 2.35. The van der Waals surface area contributed by atoms with E-state index in [9.17, 15) is 5.26 Å². The number of ether oxygens (including phenoxy) is 1. The van der Waals surface area contributed by atoms with Crippen LogP contribution in [-0.4, -0.2) is 4.57 Å². The molecule has 0 unspecified atom stereocenters. The van der Waals surface area contributed by atoms with Crippen LogP contribution in [0, 0.1) is 11.3 Å². The van der Waals surface area contributed by atoms with Gasteiger partial charge in [-0.25, -0.2) is 0 Å². The fourth-order valence-corrected chi connectivity index (χ4v) is 11.3. The van der Waals surface area contributed by atoms with Crippen molar-refractivity contribution in [3.8, 4) is 45.5 Å². The molecule has 0 atom stereocenters. The van der Waals surface area contributed by atoms with E-state index in [0.717, 1.165) is 88.3 Å². The average Bonchev–Trinajstić information content (AvgIpc) is 3.59. The minimum Gasteiger partial charge on any atom is -0.457 e. The van der Waals surface area contributed by atoms with Crippen molar-refractivity contribution in [3.05, 3.63) is 205 Å². The molecule has 8 aromatic carbocycles. The van der Waals surface area contributed by atoms with Gasteiger partial charge < -0.3 is 13.9 Å². The molecule has 1 aliphatic rings. The molecule has 57 heavy (non-hydrogen) atoms. The Morgan fingerprint density at radius 3 is 1.60 bits per heavy atom. The number of para-hydroxylation sites is 1. The van der Waals surface area contributed by atoms with Gasteiger partial charge in [-0.2, -0.15) is 5.26 Å². The maximum atomic E-state index is 15.2. The van der Waals surface area contributed by atoms with Crippen molar-refractivity contribution in [1.29, 1.82) is 5.26 Å². The zero-order valence-electron chi connectivity index (χ0n) is 31.6. The summed E-state index contributed by atoms with van der Waals surface area (Å²) >= 11 is 0. The van der Waals surface area contributed by atoms with E-state index in [0.29, 0.717) is 5.56 Å². The number of rotatable bonds is 6. The number of aromatic nitrogens is 1. The molecule has 10 rings (SSSR count). The molecule has 1 aliphatic heterocycles. The number of fused-ring (bicyclic) bond motifs is 5. The summed E-state index contributed by atoms with van der Waals surface area (Å²) in [6, 6.07) is 65.9. The van der Waals surface area contributed by atoms with Crippen molar-refractivity contribution in [1.82, 2.24) is 4.57 Å². The molecular formula is C52H37N2O2P. The maximum Gasteiger partial charge on any atom is 0.171 e. The molecule has 4 nitrogen and oxygen atoms in total. The molecule has 0 saturated carbocycles. The van der Waals surface area contributed by atoms with Crippen LogP contribution in [-0.2, 0) is 9.98 Å². The molecule has 272 valence electrons. The van der Waals surface area contributed by atoms with Gasteiger partial charge in [0.15, 0.2) is 7.14 Å². The number of hydrogen-bond donors (Lipinski definition) is 0. The van der Waals surface area contributed by atoms with Crippen molar-refractivity contribution >= 4 is 44.9 Å². The second-order valence-corrected chi connectivity index (χ2v) is 18.0. The predicted molar refractivity (Wildman–Crippen MR) is 234 cm³/mol. The molecule has 0 saturated heterocycles. The molecule has 5 heteroatoms. The van der Waals surface area contributed by atoms with Gasteiger partial charge in [0.1, 0.15) is 11.5 Å². The van der Waals surface area contributed by atoms with E-state index in [1.807, 2.05) is 109 Å². The van der Waals surface area contributed by atoms with Gasteiger partial charge in [-0.15, -0.1) is 0 Å². The fraction of sp³-hybridized carbons (Fsp3) is 0.0577. The van der Waals surface area contributed by atoms with Gasteiger partial charge in [-0.3, -0.25) is 0 Å². The first kappa shape index (κ1) is 34.6. The molecule has 0 spiro atoms. The van der Waals surface area contributed by atoms with Crippen LogP contribution in [0.4, 0.5) is 0 Å². The van der Waals surface area contributed by atoms with Crippen LogP contribution in [0.2, 0.25) is 0 Å². The standard InChI is InChI=1S/C52H37N2O2P/c1-52(2)46-25-22-38(36-13-12-20-43(30-36)57(55,41-16-8-4-9-17-41)42-18-10-5-11-19-42)32-50(46)56-51-33-39(23-26-47(51)52)37-24-28-49-45(31-37)44-29-35(34-53)21-27-48(44)54(49)40-14-6-3-7-15-40/h3-33H,1-2H3. The summed E-state index contributed by atoms with van der Waals surface area (Å²) < 4.78 is 24.3. The van der Waals surface area contributed by atoms with Crippen LogP contribution >= 0.6 is 7.14 Å². The summed E-state index contributed by atoms with van der Waals surface area (Å²) in [5, 5.41) is 14.3. The lowest BCUT2D eigenvalue weighted by Crippen LogP contribution is -2.25. The molecule has 1 aromatic heterocycles. The van der Waals surface area contributed by atoms with E-state index in [1.165, 1.54) is 0 Å². The summed E-state index contributed by atoms with van der Waals surface area (Å²) in [5.74, 6) is 1.64. The summed E-state index contributed by atoms with van der Waals surface area (Å²) in [7, 11) is -3.14. The summed E-state index contributed by atoms with van der Waals surface area (Å²) in [5.41, 5.74) is 9.88. The fourth-order valence-electron chi connectivity index (χ4n) is 8.60. The minimum atomic E-state index is -3.14. The normalized spacial score (nSPS) is 13.1. The highest BCUT2D eigenvalue weighted by molar-refractivity contribution is 7.85. The monoisotopic (exact) mass is 752 g/mol. The van der Waals surface area contributed by atoms with Crippen LogP contribution in [0.5, 0.6) is 11.5 Å². The third-order valence-electron chi connectivity index (χ3n) is 11.6. The lowest BCUT2D eigenvalue weighted by atomic mass is 9.75. The van der Waals surface area contributed by atoms with Crippen LogP contribution in [0.15, 0.2) is 188 Å². The molecule has 0 amide bonds. The summed E-state index contributed by atoms with van der Waals surface area (Å²) in [6.07, 6.45) is 0. The number of nitriles is 1. The summed E-state index contributed by atoms with van der Waals surface area (Å²) in [4.78, 5) is 0. The zero-order valence-corrected chi connectivity index (χ0v) is 32.5. The Kier molecular flexibility index (Phi) is 8.11. The Morgan fingerprint density at radius 2 is 1.00 bits per heavy atom. The first-order valence-corrected chi connectivity index (χ1v) is 20.9. The van der Waals surface area contributed by atoms with E-state index >= 15 is 4.57 Å². The molecule has 9 aromatic rings. The quantitative estimate of drug-likeness (QED) is 0.159. The van der Waals surface area contributed by atoms with E-state index in [4.69, 9.17) is 4.74 Å². The second kappa shape index (κ2) is 13.4. The summed E-state index contributed by atoms with van der Waals surface area (Å²) in [6.45, 7) is 4.50. The Hall–Kier alpha value is -6.92. The van der Waals surface area contributed by atoms with Gasteiger partial charge in [0.2, 0.25) is 0 Å². The van der Waals surface area contributed by atoms with Crippen molar-refractivity contribution in [2.24, 2.45) is 0 Å². The highest BCUT2D eigenvalue weighted by Crippen LogP contribution is 2.50. The van der Waals surface area contributed by atoms with Crippen LogP contribution in [0.1, 0.15) is 30.5 Å². The van der Waals surface area contributed by atoms with Gasteiger partial charge in [0, 0.05) is 48.9 Å². The smallest absolute Gasteiger partial charge is 0.171 e. The van der Waals surface area contributed by atoms with E-state index in [-0.39, 0.29) is 5.41 Å². The third-order valence-corrected chi connectivity index (χ3v) is 14.6. The maximum absolute atomic E-state index is 15.2. The van der Waals surface area contributed by atoms with Crippen molar-refractivity contribution in [2.45, 2.75) is 19.3 Å². The van der Waals surface area contributed by atoms with Crippen LogP contribution in [0.3, 0.4) is 0 Å². The van der Waals surface area contributed by atoms with Gasteiger partial charge in [0.25, 0.3) is 0 Å². The van der Waals surface area contributed by atoms with E-state index in [2.05, 4.69) is 103 Å². The molecule has 0 radical (unpaired) electrons. The van der Waals surface area contributed by atoms with Crippen molar-refractivity contribution in [3.63, 3.8) is 0 Å². The Labute approximate surface area is 332 Å². The Bertz CT molecular complexity index is 3060. The van der Waals surface area contributed by atoms with Crippen LogP contribution < -0.4 is 20.7 Å². The van der Waals surface area contributed by atoms with Gasteiger partial charge in [-0.05, 0) is 82.9 Å². The first-order chi connectivity index (χ1) is 27.8. The number of benzene rings is 8. The highest BCUT2D eigenvalue weighted by atomic mass is 31.2. The Morgan fingerprint density at radius 1 is 0.509 bits per heavy atom. The molecular weight excluding hydrogens is 716 g/mol. The molecule has 0 bridgehead atoms. The Balaban J connectivity index is 1.04. The third kappa shape index (κ3) is 5.62.